The first-order valence-electron chi connectivity index (χ1n) is 6.89. The Morgan fingerprint density at radius 2 is 2.00 bits per heavy atom. The van der Waals surface area contributed by atoms with Crippen molar-refractivity contribution in [2.24, 2.45) is 0 Å². The molecule has 1 aromatic heterocycles. The molecule has 2 rings (SSSR count). The number of ether oxygens (including phenoxy) is 1. The van der Waals surface area contributed by atoms with Crippen LogP contribution in [0.15, 0.2) is 17.1 Å². The molecule has 0 amide bonds. The first-order chi connectivity index (χ1) is 11.4. The fraction of sp³-hybridized carbons (Fsp3) is 0.600. The molecule has 3 unspecified atom stereocenters. The van der Waals surface area contributed by atoms with E-state index in [2.05, 4.69) is 9.51 Å². The van der Waals surface area contributed by atoms with Gasteiger partial charge in [0.25, 0.3) is 0 Å². The van der Waals surface area contributed by atoms with Crippen molar-refractivity contribution in [3.8, 4) is 0 Å². The van der Waals surface area contributed by atoms with Gasteiger partial charge in [0.1, 0.15) is 0 Å². The fourth-order valence-corrected chi connectivity index (χ4v) is 5.11. The molecule has 1 aromatic rings. The summed E-state index contributed by atoms with van der Waals surface area (Å²) in [6, 6.07) is 1.27. The average Bonchev–Trinajstić information content (AvgIpc) is 2.71. The summed E-state index contributed by atoms with van der Waals surface area (Å²) in [7, 11) is -9.41. The number of aromatic nitrogens is 2. The van der Waals surface area contributed by atoms with Crippen molar-refractivity contribution in [1.82, 2.24) is 9.55 Å². The molecule has 144 valence electrons. The zero-order valence-corrected chi connectivity index (χ0v) is 14.5. The van der Waals surface area contributed by atoms with E-state index in [0.717, 1.165) is 4.57 Å². The topological polar surface area (TPSA) is 218 Å². The Kier molecular flexibility index (Phi) is 5.96. The van der Waals surface area contributed by atoms with Crippen LogP contribution in [-0.2, 0) is 13.8 Å². The van der Waals surface area contributed by atoms with E-state index in [1.165, 1.54) is 12.3 Å². The summed E-state index contributed by atoms with van der Waals surface area (Å²) in [5, 5.41) is 19.9. The molecule has 0 saturated carbocycles. The van der Waals surface area contributed by atoms with Crippen LogP contribution in [0.4, 0.5) is 5.82 Å². The molecular weight excluding hydrogens is 384 g/mol. The van der Waals surface area contributed by atoms with Gasteiger partial charge in [-0.1, -0.05) is 0 Å². The van der Waals surface area contributed by atoms with Gasteiger partial charge in [-0.2, -0.15) is 0 Å². The number of nitrogens with two attached hydrogens (primary N) is 1. The predicted molar refractivity (Wildman–Crippen MR) is 84.4 cm³/mol. The third-order valence-corrected chi connectivity index (χ3v) is 7.16. The number of nitrogen functional groups attached to an aromatic ring is 1. The molecule has 1 fully saturated rings. The standard InChI is InChI=1S/C10H19N3O10P2/c11-6-1-2-13(10(16)12-6)9-8(15)7(14)5(23-9)3-22-25(20,21)4-24(17,18)19/h1-2,5,7-9,14-15,17-19,24H,3-4H2,(H,20,21)(H2,11,12,16)/t5-,7?,8?,9-/m1/s1. The third-order valence-electron chi connectivity index (χ3n) is 3.32. The molecule has 0 aromatic carbocycles. The van der Waals surface area contributed by atoms with Gasteiger partial charge in [0, 0.05) is 0 Å². The first kappa shape index (κ1) is 20.3. The average molecular weight is 403 g/mol. The van der Waals surface area contributed by atoms with Gasteiger partial charge in [-0.05, 0) is 0 Å². The van der Waals surface area contributed by atoms with Crippen LogP contribution in [0.1, 0.15) is 6.23 Å². The van der Waals surface area contributed by atoms with E-state index in [9.17, 15) is 24.5 Å². The number of aliphatic hydroxyl groups excluding tert-OH is 2. The Balaban J connectivity index is 2.07. The Morgan fingerprint density at radius 1 is 1.36 bits per heavy atom. The minimum atomic E-state index is -4.84. The Morgan fingerprint density at radius 3 is 2.56 bits per heavy atom. The number of anilines is 1. The van der Waals surface area contributed by atoms with Crippen LogP contribution in [-0.4, -0.2) is 70.2 Å². The molecule has 1 saturated heterocycles. The minimum absolute atomic E-state index is 0.0555. The SMILES string of the molecule is Nc1ccn([C@@H]2O[C@H](COP(=O)(O)C[PH](O)(O)O)C(O)C2O)c(=O)n1. The maximum absolute atomic E-state index is 11.8. The summed E-state index contributed by atoms with van der Waals surface area (Å²) in [4.78, 5) is 51.2. The maximum atomic E-state index is 11.8. The summed E-state index contributed by atoms with van der Waals surface area (Å²) >= 11 is 0. The quantitative estimate of drug-likeness (QED) is 0.238. The van der Waals surface area contributed by atoms with Crippen LogP contribution in [0.3, 0.4) is 0 Å². The summed E-state index contributed by atoms with van der Waals surface area (Å²) in [6.45, 7) is -0.718. The van der Waals surface area contributed by atoms with Crippen molar-refractivity contribution >= 4 is 21.4 Å². The molecule has 1 aliphatic rings. The van der Waals surface area contributed by atoms with Gasteiger partial charge in [-0.15, -0.1) is 0 Å². The Bertz CT molecular complexity index is 722. The number of hydrogen-bond donors (Lipinski definition) is 7. The number of hydrogen-bond acceptors (Lipinski definition) is 11. The molecule has 0 radical (unpaired) electrons. The summed E-state index contributed by atoms with van der Waals surface area (Å²) < 4.78 is 22.4. The normalized spacial score (nSPS) is 30.2. The van der Waals surface area contributed by atoms with Gasteiger partial charge in [-0.25, -0.2) is 0 Å². The second-order valence-corrected chi connectivity index (χ2v) is 9.80. The van der Waals surface area contributed by atoms with E-state index in [0.29, 0.717) is 0 Å². The van der Waals surface area contributed by atoms with E-state index in [1.54, 1.807) is 0 Å². The van der Waals surface area contributed by atoms with Crippen molar-refractivity contribution < 1.29 is 43.6 Å². The van der Waals surface area contributed by atoms with Crippen molar-refractivity contribution in [3.05, 3.63) is 22.7 Å². The molecule has 13 nitrogen and oxygen atoms in total. The van der Waals surface area contributed by atoms with Crippen LogP contribution in [0, 0.1) is 0 Å². The van der Waals surface area contributed by atoms with Gasteiger partial charge in [-0.3, -0.25) is 0 Å². The van der Waals surface area contributed by atoms with Crippen LogP contribution in [0.5, 0.6) is 0 Å². The number of rotatable bonds is 6. The summed E-state index contributed by atoms with van der Waals surface area (Å²) in [6.07, 6.45) is -4.61. The van der Waals surface area contributed by atoms with Crippen molar-refractivity contribution in [3.63, 3.8) is 0 Å². The monoisotopic (exact) mass is 403 g/mol. The molecule has 0 bridgehead atoms. The second-order valence-electron chi connectivity index (χ2n) is 5.45. The van der Waals surface area contributed by atoms with E-state index in [1.807, 2.05) is 0 Å². The van der Waals surface area contributed by atoms with Gasteiger partial charge < -0.3 is 0 Å². The fourth-order valence-electron chi connectivity index (χ4n) is 2.22. The Hall–Kier alpha value is -0.980. The molecule has 1 aliphatic heterocycles. The zero-order valence-electron chi connectivity index (χ0n) is 12.6. The molecule has 15 heteroatoms. The second kappa shape index (κ2) is 7.33. The molecule has 0 spiro atoms. The Labute approximate surface area is 141 Å². The molecule has 0 aliphatic carbocycles. The zero-order chi connectivity index (χ0) is 19.0. The number of aliphatic hydroxyl groups is 2. The predicted octanol–water partition coefficient (Wildman–Crippen LogP) is -2.92. The van der Waals surface area contributed by atoms with Crippen molar-refractivity contribution in [2.75, 3.05) is 18.2 Å². The van der Waals surface area contributed by atoms with Gasteiger partial charge in [0.2, 0.25) is 0 Å². The molecule has 5 atom stereocenters. The van der Waals surface area contributed by atoms with Crippen molar-refractivity contribution in [1.29, 1.82) is 0 Å². The van der Waals surface area contributed by atoms with Crippen LogP contribution in [0.2, 0.25) is 0 Å². The van der Waals surface area contributed by atoms with Crippen LogP contribution < -0.4 is 11.4 Å². The van der Waals surface area contributed by atoms with E-state index in [-0.39, 0.29) is 5.82 Å². The first-order valence-corrected chi connectivity index (χ1v) is 10.7. The van der Waals surface area contributed by atoms with Gasteiger partial charge in [0.15, 0.2) is 0 Å². The van der Waals surface area contributed by atoms with E-state index < -0.39 is 58.3 Å². The van der Waals surface area contributed by atoms with E-state index in [4.69, 9.17) is 25.2 Å². The van der Waals surface area contributed by atoms with E-state index >= 15 is 0 Å². The molecule has 25 heavy (non-hydrogen) atoms. The third kappa shape index (κ3) is 5.25. The van der Waals surface area contributed by atoms with Gasteiger partial charge in [0.05, 0.1) is 0 Å². The molecular formula is C10H19N3O10P2. The number of nitrogens with zero attached hydrogens (tertiary/aromatic N) is 2. The summed E-state index contributed by atoms with van der Waals surface area (Å²) in [5.41, 5.74) is 4.50. The molecule has 8 N–H and O–H groups in total. The van der Waals surface area contributed by atoms with Gasteiger partial charge >= 0.3 is 140 Å². The summed E-state index contributed by atoms with van der Waals surface area (Å²) in [5.74, 6) is -1.32. The molecule has 2 heterocycles. The van der Waals surface area contributed by atoms with Crippen molar-refractivity contribution in [2.45, 2.75) is 24.5 Å². The van der Waals surface area contributed by atoms with Crippen LogP contribution in [0.25, 0.3) is 0 Å². The van der Waals surface area contributed by atoms with Crippen LogP contribution >= 0.6 is 15.5 Å².